The molecule has 2 unspecified atom stereocenters. The van der Waals surface area contributed by atoms with Crippen molar-refractivity contribution in [3.63, 3.8) is 0 Å². The molecule has 0 radical (unpaired) electrons. The molecule has 0 aliphatic carbocycles. The summed E-state index contributed by atoms with van der Waals surface area (Å²) >= 11 is 1.68. The van der Waals surface area contributed by atoms with Crippen molar-refractivity contribution >= 4 is 29.7 Å². The molecule has 5 heteroatoms. The lowest BCUT2D eigenvalue weighted by Crippen LogP contribution is -2.30. The molecule has 0 bridgehead atoms. The van der Waals surface area contributed by atoms with Gasteiger partial charge in [-0.3, -0.25) is 4.79 Å². The summed E-state index contributed by atoms with van der Waals surface area (Å²) in [6.07, 6.45) is 2.01. The highest BCUT2D eigenvalue weighted by molar-refractivity contribution is 7.10. The van der Waals surface area contributed by atoms with E-state index in [1.807, 2.05) is 36.6 Å². The van der Waals surface area contributed by atoms with E-state index in [0.29, 0.717) is 12.8 Å². The molecule has 0 spiro atoms. The number of nitrogens with one attached hydrogen (secondary N) is 1. The number of carbonyl (C=O) groups is 1. The molecule has 2 aromatic rings. The van der Waals surface area contributed by atoms with Gasteiger partial charge in [-0.15, -0.1) is 23.7 Å². The van der Waals surface area contributed by atoms with E-state index in [1.54, 1.807) is 11.3 Å². The second-order valence-electron chi connectivity index (χ2n) is 5.34. The fourth-order valence-electron chi connectivity index (χ4n) is 2.19. The zero-order valence-electron chi connectivity index (χ0n) is 12.7. The summed E-state index contributed by atoms with van der Waals surface area (Å²) in [5.74, 6) is 0.0710. The van der Waals surface area contributed by atoms with Crippen LogP contribution in [-0.2, 0) is 11.2 Å². The Balaban J connectivity index is 0.00000242. The Bertz CT molecular complexity index is 543. The maximum absolute atomic E-state index is 12.1. The van der Waals surface area contributed by atoms with Gasteiger partial charge in [0.25, 0.3) is 0 Å². The number of hydrogen-bond acceptors (Lipinski definition) is 3. The Kier molecular flexibility index (Phi) is 8.17. The molecule has 3 nitrogen and oxygen atoms in total. The second kappa shape index (κ2) is 9.62. The van der Waals surface area contributed by atoms with Crippen LogP contribution in [0.25, 0.3) is 0 Å². The minimum Gasteiger partial charge on any atom is -0.348 e. The maximum atomic E-state index is 12.1. The van der Waals surface area contributed by atoms with Gasteiger partial charge in [-0.05, 0) is 36.8 Å². The van der Waals surface area contributed by atoms with E-state index in [2.05, 4.69) is 23.5 Å². The van der Waals surface area contributed by atoms with E-state index in [1.165, 1.54) is 10.4 Å². The molecule has 0 aliphatic heterocycles. The molecule has 22 heavy (non-hydrogen) atoms. The number of benzene rings is 1. The number of carbonyl (C=O) groups excluding carboxylic acids is 1. The quantitative estimate of drug-likeness (QED) is 0.808. The third-order valence-corrected chi connectivity index (χ3v) is 4.32. The van der Waals surface area contributed by atoms with Gasteiger partial charge < -0.3 is 11.1 Å². The molecule has 2 atom stereocenters. The smallest absolute Gasteiger partial charge is 0.220 e. The fraction of sp³-hybridized carbons (Fsp3) is 0.353. The number of hydrogen-bond donors (Lipinski definition) is 2. The highest BCUT2D eigenvalue weighted by Gasteiger charge is 2.16. The molecule has 0 aliphatic rings. The fourth-order valence-corrected chi connectivity index (χ4v) is 2.97. The average Bonchev–Trinajstić information content (AvgIpc) is 3.00. The average molecular weight is 339 g/mol. The van der Waals surface area contributed by atoms with E-state index >= 15 is 0 Å². The van der Waals surface area contributed by atoms with Crippen molar-refractivity contribution in [1.29, 1.82) is 0 Å². The van der Waals surface area contributed by atoms with Gasteiger partial charge >= 0.3 is 0 Å². The van der Waals surface area contributed by atoms with Crippen LogP contribution >= 0.6 is 23.7 Å². The van der Waals surface area contributed by atoms with Crippen molar-refractivity contribution in [1.82, 2.24) is 5.32 Å². The summed E-state index contributed by atoms with van der Waals surface area (Å²) in [5.41, 5.74) is 6.94. The van der Waals surface area contributed by atoms with E-state index in [9.17, 15) is 4.79 Å². The Morgan fingerprint density at radius 3 is 2.55 bits per heavy atom. The summed E-state index contributed by atoms with van der Waals surface area (Å²) in [6, 6.07) is 14.4. The van der Waals surface area contributed by atoms with Crippen molar-refractivity contribution in [3.8, 4) is 0 Å². The van der Waals surface area contributed by atoms with Crippen LogP contribution in [0.2, 0.25) is 0 Å². The molecular formula is C17H23ClN2OS. The van der Waals surface area contributed by atoms with Gasteiger partial charge in [0.2, 0.25) is 5.91 Å². The van der Waals surface area contributed by atoms with Crippen molar-refractivity contribution < 1.29 is 4.79 Å². The summed E-state index contributed by atoms with van der Waals surface area (Å²) < 4.78 is 0. The Labute approximate surface area is 142 Å². The standard InChI is InChI=1S/C17H22N2OS.ClH/c1-13(18)9-10-17(20)19-15(16-8-5-11-21-16)12-14-6-3-2-4-7-14;/h2-8,11,13,15H,9-10,12,18H2,1H3,(H,19,20);1H. The zero-order chi connectivity index (χ0) is 15.1. The van der Waals surface area contributed by atoms with Gasteiger partial charge in [-0.2, -0.15) is 0 Å². The van der Waals surface area contributed by atoms with Gasteiger partial charge in [0.15, 0.2) is 0 Å². The minimum atomic E-state index is 0. The molecule has 1 aromatic heterocycles. The van der Waals surface area contributed by atoms with Crippen LogP contribution < -0.4 is 11.1 Å². The van der Waals surface area contributed by atoms with Crippen LogP contribution in [0.15, 0.2) is 47.8 Å². The lowest BCUT2D eigenvalue weighted by atomic mass is 10.0. The molecule has 1 heterocycles. The summed E-state index contributed by atoms with van der Waals surface area (Å²) in [5, 5.41) is 5.18. The number of halogens is 1. The maximum Gasteiger partial charge on any atom is 0.220 e. The Hall–Kier alpha value is -1.36. The topological polar surface area (TPSA) is 55.1 Å². The van der Waals surface area contributed by atoms with E-state index in [0.717, 1.165) is 6.42 Å². The molecule has 1 aromatic carbocycles. The van der Waals surface area contributed by atoms with E-state index in [-0.39, 0.29) is 30.4 Å². The van der Waals surface area contributed by atoms with Crippen LogP contribution in [0.1, 0.15) is 36.2 Å². The molecule has 1 amide bonds. The van der Waals surface area contributed by atoms with Crippen molar-refractivity contribution in [2.24, 2.45) is 5.73 Å². The summed E-state index contributed by atoms with van der Waals surface area (Å²) in [7, 11) is 0. The SMILES string of the molecule is CC(N)CCC(=O)NC(Cc1ccccc1)c1cccs1.Cl. The van der Waals surface area contributed by atoms with E-state index < -0.39 is 0 Å². The molecule has 0 fully saturated rings. The Morgan fingerprint density at radius 1 is 1.23 bits per heavy atom. The first kappa shape index (κ1) is 18.7. The normalized spacial score (nSPS) is 13.0. The number of nitrogens with two attached hydrogens (primary N) is 1. The number of amides is 1. The summed E-state index contributed by atoms with van der Waals surface area (Å²) in [6.45, 7) is 1.92. The largest absolute Gasteiger partial charge is 0.348 e. The number of rotatable bonds is 7. The van der Waals surface area contributed by atoms with Crippen LogP contribution in [0, 0.1) is 0 Å². The van der Waals surface area contributed by atoms with Gasteiger partial charge in [-0.25, -0.2) is 0 Å². The predicted octanol–water partition coefficient (Wildman–Crippen LogP) is 3.70. The van der Waals surface area contributed by atoms with Gasteiger partial charge in [0.1, 0.15) is 0 Å². The molecule has 3 N–H and O–H groups in total. The molecule has 0 saturated heterocycles. The van der Waals surface area contributed by atoms with Crippen molar-refractivity contribution in [2.75, 3.05) is 0 Å². The number of thiophene rings is 1. The Morgan fingerprint density at radius 2 is 1.95 bits per heavy atom. The second-order valence-corrected chi connectivity index (χ2v) is 6.32. The first-order valence-corrected chi connectivity index (χ1v) is 8.15. The first-order valence-electron chi connectivity index (χ1n) is 7.27. The lowest BCUT2D eigenvalue weighted by molar-refractivity contribution is -0.122. The third kappa shape index (κ3) is 6.18. The van der Waals surface area contributed by atoms with Gasteiger partial charge in [0.05, 0.1) is 6.04 Å². The zero-order valence-corrected chi connectivity index (χ0v) is 14.3. The van der Waals surface area contributed by atoms with Crippen molar-refractivity contribution in [2.45, 2.75) is 38.3 Å². The highest BCUT2D eigenvalue weighted by atomic mass is 35.5. The van der Waals surface area contributed by atoms with Crippen LogP contribution in [0.3, 0.4) is 0 Å². The summed E-state index contributed by atoms with van der Waals surface area (Å²) in [4.78, 5) is 13.3. The van der Waals surface area contributed by atoms with Gasteiger partial charge in [-0.1, -0.05) is 36.4 Å². The predicted molar refractivity (Wildman–Crippen MR) is 95.5 cm³/mol. The van der Waals surface area contributed by atoms with Gasteiger partial charge in [0, 0.05) is 17.3 Å². The van der Waals surface area contributed by atoms with E-state index in [4.69, 9.17) is 5.73 Å². The lowest BCUT2D eigenvalue weighted by Gasteiger charge is -2.18. The van der Waals surface area contributed by atoms with Crippen molar-refractivity contribution in [3.05, 3.63) is 58.3 Å². The molecule has 2 rings (SSSR count). The van der Waals surface area contributed by atoms with Crippen LogP contribution in [0.4, 0.5) is 0 Å². The first-order chi connectivity index (χ1) is 10.1. The molecule has 0 saturated carbocycles. The monoisotopic (exact) mass is 338 g/mol. The van der Waals surface area contributed by atoms with Crippen LogP contribution in [-0.4, -0.2) is 11.9 Å². The molecule has 120 valence electrons. The molecular weight excluding hydrogens is 316 g/mol. The third-order valence-electron chi connectivity index (χ3n) is 3.33. The minimum absolute atomic E-state index is 0. The van der Waals surface area contributed by atoms with Crippen LogP contribution in [0.5, 0.6) is 0 Å². The highest BCUT2D eigenvalue weighted by Crippen LogP contribution is 2.23.